The molecule has 0 N–H and O–H groups in total. The van der Waals surface area contributed by atoms with Crippen LogP contribution < -0.4 is 34.0 Å². The number of likely N-dealkylation sites (N-methyl/N-ethyl adjacent to an activating group) is 2. The lowest BCUT2D eigenvalue weighted by Crippen LogP contribution is -3.00. The van der Waals surface area contributed by atoms with E-state index < -0.39 is 0 Å². The molecule has 0 bridgehead atoms. The van der Waals surface area contributed by atoms with E-state index in [1.165, 1.54) is 103 Å². The lowest BCUT2D eigenvalue weighted by molar-refractivity contribution is -0.943. The van der Waals surface area contributed by atoms with Crippen molar-refractivity contribution in [3.05, 3.63) is 0 Å². The average Bonchev–Trinajstić information content (AvgIpc) is 3.21. The van der Waals surface area contributed by atoms with Crippen LogP contribution in [0.15, 0.2) is 0 Å². The molecule has 4 aliphatic carbocycles. The number of carbonyl (C=O) groups excluding carboxylic acids is 2. The third-order valence-electron chi connectivity index (χ3n) is 14.5. The first kappa shape index (κ1) is 35.7. The van der Waals surface area contributed by atoms with Crippen molar-refractivity contribution in [2.45, 2.75) is 135 Å². The topological polar surface area (TPSA) is 52.6 Å². The molecule has 8 heteroatoms. The minimum absolute atomic E-state index is 0. The number of halogens is 2. The molecule has 43 heavy (non-hydrogen) atoms. The van der Waals surface area contributed by atoms with Crippen LogP contribution in [0.1, 0.15) is 111 Å². The van der Waals surface area contributed by atoms with Gasteiger partial charge >= 0.3 is 11.9 Å². The van der Waals surface area contributed by atoms with Crippen molar-refractivity contribution in [3.63, 3.8) is 0 Å². The highest BCUT2D eigenvalue weighted by Gasteiger charge is 2.68. The molecule has 10 atom stereocenters. The molecule has 0 amide bonds. The van der Waals surface area contributed by atoms with Crippen LogP contribution >= 0.6 is 0 Å². The summed E-state index contributed by atoms with van der Waals surface area (Å²) >= 11 is 0. The highest BCUT2D eigenvalue weighted by Crippen LogP contribution is 2.68. The number of esters is 2. The predicted molar refractivity (Wildman–Crippen MR) is 161 cm³/mol. The SMILES string of the molecule is CC(=O)OC1C([N+]2(C)CCCCC2)CC2C3CC[C@H]4C[C@H](OC(C)=O)C([N+]5(C)CCCCC5)C[C@]4(C)C3CC[C@@]21C.[Br-].[Br-]. The molecule has 2 saturated heterocycles. The van der Waals surface area contributed by atoms with Crippen LogP contribution in [0.2, 0.25) is 0 Å². The number of hydrogen-bond acceptors (Lipinski definition) is 4. The fourth-order valence-electron chi connectivity index (χ4n) is 12.3. The van der Waals surface area contributed by atoms with Crippen LogP contribution in [-0.4, -0.2) is 85.5 Å². The fraction of sp³-hybridized carbons (Fsp3) is 0.943. The summed E-state index contributed by atoms with van der Waals surface area (Å²) in [6.45, 7) is 13.3. The molecule has 0 radical (unpaired) electrons. The third kappa shape index (κ3) is 6.15. The van der Waals surface area contributed by atoms with Crippen LogP contribution in [0.25, 0.3) is 0 Å². The molecule has 0 spiro atoms. The Balaban J connectivity index is 0.00000212. The van der Waals surface area contributed by atoms with Gasteiger partial charge in [-0.25, -0.2) is 0 Å². The van der Waals surface area contributed by atoms with Crippen LogP contribution in [0.5, 0.6) is 0 Å². The summed E-state index contributed by atoms with van der Waals surface area (Å²) in [5.74, 6) is 2.52. The Morgan fingerprint density at radius 1 is 0.674 bits per heavy atom. The number of likely N-dealkylation sites (tertiary alicyclic amines) is 2. The van der Waals surface area contributed by atoms with Crippen molar-refractivity contribution < 1.29 is 62.0 Å². The van der Waals surface area contributed by atoms with E-state index in [0.29, 0.717) is 35.3 Å². The Morgan fingerprint density at radius 2 is 1.23 bits per heavy atom. The van der Waals surface area contributed by atoms with Gasteiger partial charge in [0, 0.05) is 32.1 Å². The first-order valence-electron chi connectivity index (χ1n) is 17.4. The third-order valence-corrected chi connectivity index (χ3v) is 14.5. The maximum absolute atomic E-state index is 12.5. The predicted octanol–water partition coefficient (Wildman–Crippen LogP) is 0.119. The van der Waals surface area contributed by atoms with E-state index in [2.05, 4.69) is 27.9 Å². The molecule has 2 aliphatic heterocycles. The molecule has 2 heterocycles. The first-order chi connectivity index (χ1) is 19.4. The molecule has 0 aromatic rings. The Hall–Kier alpha value is -0.180. The van der Waals surface area contributed by atoms with Crippen LogP contribution in [0, 0.1) is 34.5 Å². The molecule has 6 unspecified atom stereocenters. The quantitative estimate of drug-likeness (QED) is 0.305. The van der Waals surface area contributed by atoms with Crippen molar-refractivity contribution >= 4 is 11.9 Å². The van der Waals surface area contributed by atoms with E-state index >= 15 is 0 Å². The summed E-state index contributed by atoms with van der Waals surface area (Å²) in [6, 6.07) is 0.846. The summed E-state index contributed by atoms with van der Waals surface area (Å²) < 4.78 is 14.7. The van der Waals surface area contributed by atoms with E-state index in [4.69, 9.17) is 9.47 Å². The molecule has 4 saturated carbocycles. The zero-order valence-electron chi connectivity index (χ0n) is 27.9. The molecule has 6 nitrogen and oxygen atoms in total. The van der Waals surface area contributed by atoms with Gasteiger partial charge in [-0.1, -0.05) is 13.8 Å². The van der Waals surface area contributed by atoms with Gasteiger partial charge in [0.05, 0.1) is 40.3 Å². The van der Waals surface area contributed by atoms with Gasteiger partial charge in [0.1, 0.15) is 12.1 Å². The minimum Gasteiger partial charge on any atom is -1.00 e. The monoisotopic (exact) mass is 730 g/mol. The highest BCUT2D eigenvalue weighted by molar-refractivity contribution is 5.66. The largest absolute Gasteiger partial charge is 1.00 e. The Bertz CT molecular complexity index is 1010. The van der Waals surface area contributed by atoms with Crippen LogP contribution in [0.3, 0.4) is 0 Å². The normalized spacial score (nSPS) is 44.7. The van der Waals surface area contributed by atoms with Gasteiger partial charge in [0.25, 0.3) is 0 Å². The van der Waals surface area contributed by atoms with Crippen molar-refractivity contribution in [1.82, 2.24) is 0 Å². The number of hydrogen-bond donors (Lipinski definition) is 0. The number of carbonyl (C=O) groups is 2. The number of fused-ring (bicyclic) bond motifs is 5. The van der Waals surface area contributed by atoms with Crippen molar-refractivity contribution in [1.29, 1.82) is 0 Å². The summed E-state index contributed by atoms with van der Waals surface area (Å²) in [5, 5.41) is 0. The second-order valence-electron chi connectivity index (χ2n) is 16.7. The van der Waals surface area contributed by atoms with E-state index in [1.54, 1.807) is 13.8 Å². The summed E-state index contributed by atoms with van der Waals surface area (Å²) in [4.78, 5) is 24.8. The lowest BCUT2D eigenvalue weighted by atomic mass is 9.44. The Morgan fingerprint density at radius 3 is 1.79 bits per heavy atom. The van der Waals surface area contributed by atoms with Crippen molar-refractivity contribution in [3.8, 4) is 0 Å². The Kier molecular flexibility index (Phi) is 10.9. The molecular weight excluding hydrogens is 672 g/mol. The van der Waals surface area contributed by atoms with E-state index in [9.17, 15) is 9.59 Å². The van der Waals surface area contributed by atoms with Crippen LogP contribution in [0.4, 0.5) is 0 Å². The molecule has 0 aromatic heterocycles. The van der Waals surface area contributed by atoms with Gasteiger partial charge in [0.2, 0.25) is 0 Å². The van der Waals surface area contributed by atoms with Crippen LogP contribution in [-0.2, 0) is 19.1 Å². The first-order valence-corrected chi connectivity index (χ1v) is 17.4. The number of piperidine rings is 2. The van der Waals surface area contributed by atoms with Crippen molar-refractivity contribution in [2.24, 2.45) is 34.5 Å². The second kappa shape index (κ2) is 13.1. The maximum Gasteiger partial charge on any atom is 0.303 e. The smallest absolute Gasteiger partial charge is 0.303 e. The minimum atomic E-state index is -0.0998. The Labute approximate surface area is 283 Å². The second-order valence-corrected chi connectivity index (χ2v) is 16.7. The van der Waals surface area contributed by atoms with Gasteiger partial charge in [0.15, 0.2) is 12.2 Å². The number of nitrogens with zero attached hydrogens (tertiary/aromatic N) is 2. The molecular formula is C35H60Br2N2O4. The van der Waals surface area contributed by atoms with Gasteiger partial charge in [-0.3, -0.25) is 9.59 Å². The van der Waals surface area contributed by atoms with Crippen molar-refractivity contribution in [2.75, 3.05) is 40.3 Å². The highest BCUT2D eigenvalue weighted by atomic mass is 79.9. The zero-order chi connectivity index (χ0) is 29.2. The number of rotatable bonds is 4. The number of ether oxygens (including phenoxy) is 2. The van der Waals surface area contributed by atoms with E-state index in [1.807, 2.05) is 0 Å². The zero-order valence-corrected chi connectivity index (χ0v) is 31.1. The van der Waals surface area contributed by atoms with Gasteiger partial charge in [-0.15, -0.1) is 0 Å². The molecule has 248 valence electrons. The van der Waals surface area contributed by atoms with E-state index in [0.717, 1.165) is 21.3 Å². The molecule has 6 fully saturated rings. The van der Waals surface area contributed by atoms with Gasteiger partial charge < -0.3 is 52.4 Å². The standard InChI is InChI=1S/C35H60N2O4.2BrH/c1-24(38)40-32-21-26-13-14-27-28(35(26,4)23-31(32)37(6)19-11-8-12-20-37)15-16-34(3)29(27)22-30(33(34)41-25(2)39)36(5)17-9-7-10-18-36;;/h26-33H,7-23H2,1-6H3;2*1H/q+2;;/p-2/t26-,27?,28?,29?,30?,31?,32-,33?,34-,35-;;/m0../s1. The fourth-order valence-corrected chi connectivity index (χ4v) is 12.3. The number of quaternary nitrogens is 2. The summed E-state index contributed by atoms with van der Waals surface area (Å²) in [5.41, 5.74) is 0.377. The molecule has 0 aromatic carbocycles. The average molecular weight is 733 g/mol. The summed E-state index contributed by atoms with van der Waals surface area (Å²) in [7, 11) is 4.94. The van der Waals surface area contributed by atoms with Gasteiger partial charge in [-0.2, -0.15) is 0 Å². The lowest BCUT2D eigenvalue weighted by Gasteiger charge is -2.63. The molecule has 6 rings (SSSR count). The maximum atomic E-state index is 12.5. The molecule has 6 aliphatic rings. The van der Waals surface area contributed by atoms with E-state index in [-0.39, 0.29) is 63.5 Å². The summed E-state index contributed by atoms with van der Waals surface area (Å²) in [6.07, 6.45) is 16.4. The van der Waals surface area contributed by atoms with Gasteiger partial charge in [-0.05, 0) is 99.7 Å².